The summed E-state index contributed by atoms with van der Waals surface area (Å²) >= 11 is 1.56. The Morgan fingerprint density at radius 3 is 2.60 bits per heavy atom. The minimum atomic E-state index is 0.0351. The van der Waals surface area contributed by atoms with Gasteiger partial charge in [-0.3, -0.25) is 4.79 Å². The van der Waals surface area contributed by atoms with Crippen molar-refractivity contribution in [3.05, 3.63) is 59.6 Å². The van der Waals surface area contributed by atoms with Crippen LogP contribution in [0.3, 0.4) is 0 Å². The molecule has 0 saturated carbocycles. The first-order chi connectivity index (χ1) is 9.81. The largest absolute Gasteiger partial charge is 0.486 e. The fourth-order valence-electron chi connectivity index (χ4n) is 1.90. The van der Waals surface area contributed by atoms with Crippen molar-refractivity contribution < 1.29 is 9.53 Å². The second-order valence-corrected chi connectivity index (χ2v) is 5.51. The zero-order valence-electron chi connectivity index (χ0n) is 10.8. The van der Waals surface area contributed by atoms with Gasteiger partial charge in [0.05, 0.1) is 16.6 Å². The van der Waals surface area contributed by atoms with E-state index in [-0.39, 0.29) is 12.4 Å². The topological polar surface area (TPSA) is 39.2 Å². The van der Waals surface area contributed by atoms with Gasteiger partial charge in [0, 0.05) is 0 Å². The van der Waals surface area contributed by atoms with Gasteiger partial charge in [-0.25, -0.2) is 4.98 Å². The first-order valence-corrected chi connectivity index (χ1v) is 7.17. The van der Waals surface area contributed by atoms with E-state index in [4.69, 9.17) is 4.74 Å². The summed E-state index contributed by atoms with van der Waals surface area (Å²) in [6.45, 7) is 0.0833. The van der Waals surface area contributed by atoms with E-state index in [1.54, 1.807) is 11.3 Å². The van der Waals surface area contributed by atoms with Gasteiger partial charge in [0.2, 0.25) is 0 Å². The smallest absolute Gasteiger partial charge is 0.176 e. The summed E-state index contributed by atoms with van der Waals surface area (Å²) in [4.78, 5) is 16.4. The summed E-state index contributed by atoms with van der Waals surface area (Å²) in [5.74, 6) is 0.748. The second-order valence-electron chi connectivity index (χ2n) is 4.39. The average molecular weight is 283 g/mol. The summed E-state index contributed by atoms with van der Waals surface area (Å²) in [5, 5.41) is 0.841. The number of ketones is 1. The van der Waals surface area contributed by atoms with Gasteiger partial charge < -0.3 is 4.74 Å². The van der Waals surface area contributed by atoms with Gasteiger partial charge in [0.15, 0.2) is 5.78 Å². The van der Waals surface area contributed by atoms with Gasteiger partial charge >= 0.3 is 0 Å². The number of carbonyl (C=O) groups excluding carboxylic acids is 1. The van der Waals surface area contributed by atoms with Gasteiger partial charge in [-0.05, 0) is 24.3 Å². The average Bonchev–Trinajstić information content (AvgIpc) is 2.88. The van der Waals surface area contributed by atoms with E-state index in [0.717, 1.165) is 15.2 Å². The monoisotopic (exact) mass is 283 g/mol. The number of benzene rings is 2. The molecule has 0 spiro atoms. The van der Waals surface area contributed by atoms with Gasteiger partial charge in [0.1, 0.15) is 17.4 Å². The lowest BCUT2D eigenvalue weighted by Crippen LogP contribution is -2.13. The number of carbonyl (C=O) groups is 1. The number of para-hydroxylation sites is 2. The molecule has 0 fully saturated rings. The summed E-state index contributed by atoms with van der Waals surface area (Å²) < 4.78 is 6.55. The minimum absolute atomic E-state index is 0.0351. The Morgan fingerprint density at radius 2 is 1.80 bits per heavy atom. The molecule has 0 aliphatic carbocycles. The van der Waals surface area contributed by atoms with Crippen molar-refractivity contribution >= 4 is 27.3 Å². The summed E-state index contributed by atoms with van der Waals surface area (Å²) in [7, 11) is 0. The van der Waals surface area contributed by atoms with Gasteiger partial charge in [-0.15, -0.1) is 11.3 Å². The Labute approximate surface area is 120 Å². The number of Topliss-reactive ketones (excluding diaryl/α,β-unsaturated/α-hetero) is 1. The molecule has 0 saturated heterocycles. The number of ether oxygens (including phenoxy) is 1. The Bertz CT molecular complexity index is 688. The maximum atomic E-state index is 11.9. The van der Waals surface area contributed by atoms with E-state index in [1.165, 1.54) is 0 Å². The zero-order chi connectivity index (χ0) is 13.8. The lowest BCUT2D eigenvalue weighted by Gasteiger charge is -2.03. The number of fused-ring (bicyclic) bond motifs is 1. The normalized spacial score (nSPS) is 10.6. The standard InChI is InChI=1S/C16H13NO2S/c18-12(11-19-13-6-2-1-3-7-13)10-16-17-14-8-4-5-9-15(14)20-16/h1-9H,10-11H2. The van der Waals surface area contributed by atoms with Crippen molar-refractivity contribution in [1.29, 1.82) is 0 Å². The molecule has 3 nitrogen and oxygen atoms in total. The maximum absolute atomic E-state index is 11.9. The Morgan fingerprint density at radius 1 is 1.05 bits per heavy atom. The van der Waals surface area contributed by atoms with Crippen LogP contribution in [0, 0.1) is 0 Å². The van der Waals surface area contributed by atoms with Crippen LogP contribution in [0.1, 0.15) is 5.01 Å². The molecular formula is C16H13NO2S. The third kappa shape index (κ3) is 3.03. The van der Waals surface area contributed by atoms with Crippen LogP contribution >= 0.6 is 11.3 Å². The van der Waals surface area contributed by atoms with Gasteiger partial charge in [0.25, 0.3) is 0 Å². The van der Waals surface area contributed by atoms with Crippen LogP contribution in [0.4, 0.5) is 0 Å². The predicted molar refractivity (Wildman–Crippen MR) is 80.3 cm³/mol. The Kier molecular flexibility index (Phi) is 3.74. The van der Waals surface area contributed by atoms with Gasteiger partial charge in [-0.1, -0.05) is 30.3 Å². The van der Waals surface area contributed by atoms with Crippen LogP contribution in [-0.2, 0) is 11.2 Å². The Balaban J connectivity index is 1.61. The third-order valence-electron chi connectivity index (χ3n) is 2.83. The molecule has 0 bridgehead atoms. The number of nitrogens with zero attached hydrogens (tertiary/aromatic N) is 1. The number of rotatable bonds is 5. The van der Waals surface area contributed by atoms with Crippen LogP contribution in [0.15, 0.2) is 54.6 Å². The molecule has 1 aromatic heterocycles. The molecule has 0 N–H and O–H groups in total. The van der Waals surface area contributed by atoms with E-state index in [1.807, 2.05) is 54.6 Å². The molecule has 20 heavy (non-hydrogen) atoms. The second kappa shape index (κ2) is 5.84. The maximum Gasteiger partial charge on any atom is 0.176 e. The summed E-state index contributed by atoms with van der Waals surface area (Å²) in [6, 6.07) is 17.3. The number of aromatic nitrogens is 1. The molecule has 0 amide bonds. The summed E-state index contributed by atoms with van der Waals surface area (Å²) in [6.07, 6.45) is 0.326. The molecule has 0 aliphatic rings. The van der Waals surface area contributed by atoms with Crippen molar-refractivity contribution in [2.45, 2.75) is 6.42 Å². The lowest BCUT2D eigenvalue weighted by molar-refractivity contribution is -0.120. The molecule has 100 valence electrons. The molecule has 3 rings (SSSR count). The van der Waals surface area contributed by atoms with Crippen molar-refractivity contribution in [3.63, 3.8) is 0 Å². The number of hydrogen-bond donors (Lipinski definition) is 0. The highest BCUT2D eigenvalue weighted by Crippen LogP contribution is 2.22. The lowest BCUT2D eigenvalue weighted by atomic mass is 10.3. The first-order valence-electron chi connectivity index (χ1n) is 6.35. The molecular weight excluding hydrogens is 270 g/mol. The highest BCUT2D eigenvalue weighted by Gasteiger charge is 2.09. The zero-order valence-corrected chi connectivity index (χ0v) is 11.6. The van der Waals surface area contributed by atoms with Gasteiger partial charge in [-0.2, -0.15) is 0 Å². The van der Waals surface area contributed by atoms with Crippen molar-refractivity contribution in [1.82, 2.24) is 4.98 Å². The molecule has 4 heteroatoms. The molecule has 0 radical (unpaired) electrons. The van der Waals surface area contributed by atoms with Crippen LogP contribution in [0.5, 0.6) is 5.75 Å². The highest BCUT2D eigenvalue weighted by atomic mass is 32.1. The van der Waals surface area contributed by atoms with Crippen LogP contribution in [-0.4, -0.2) is 17.4 Å². The van der Waals surface area contributed by atoms with Crippen molar-refractivity contribution in [2.75, 3.05) is 6.61 Å². The predicted octanol–water partition coefficient (Wildman–Crippen LogP) is 3.49. The minimum Gasteiger partial charge on any atom is -0.486 e. The fourth-order valence-corrected chi connectivity index (χ4v) is 2.89. The first kappa shape index (κ1) is 12.8. The molecule has 0 unspecified atom stereocenters. The molecule has 0 aliphatic heterocycles. The number of hydrogen-bond acceptors (Lipinski definition) is 4. The number of thiazole rings is 1. The summed E-state index contributed by atoms with van der Waals surface area (Å²) in [5.41, 5.74) is 0.948. The molecule has 3 aromatic rings. The van der Waals surface area contributed by atoms with Crippen LogP contribution < -0.4 is 4.74 Å². The van der Waals surface area contributed by atoms with E-state index in [9.17, 15) is 4.79 Å². The molecule has 0 atom stereocenters. The molecule has 2 aromatic carbocycles. The van der Waals surface area contributed by atoms with E-state index >= 15 is 0 Å². The highest BCUT2D eigenvalue weighted by molar-refractivity contribution is 7.18. The van der Waals surface area contributed by atoms with Crippen molar-refractivity contribution in [3.8, 4) is 5.75 Å². The quantitative estimate of drug-likeness (QED) is 0.719. The van der Waals surface area contributed by atoms with Crippen molar-refractivity contribution in [2.24, 2.45) is 0 Å². The SMILES string of the molecule is O=C(COc1ccccc1)Cc1nc2ccccc2s1. The van der Waals surface area contributed by atoms with E-state index in [2.05, 4.69) is 4.98 Å². The van der Waals surface area contributed by atoms with E-state index in [0.29, 0.717) is 12.2 Å². The van der Waals surface area contributed by atoms with Crippen LogP contribution in [0.25, 0.3) is 10.2 Å². The Hall–Kier alpha value is -2.20. The van der Waals surface area contributed by atoms with E-state index < -0.39 is 0 Å². The fraction of sp³-hybridized carbons (Fsp3) is 0.125. The van der Waals surface area contributed by atoms with Crippen LogP contribution in [0.2, 0.25) is 0 Å². The third-order valence-corrected chi connectivity index (χ3v) is 3.87. The molecule has 1 heterocycles.